The predicted molar refractivity (Wildman–Crippen MR) is 104 cm³/mol. The lowest BCUT2D eigenvalue weighted by atomic mass is 10.1. The third-order valence-corrected chi connectivity index (χ3v) is 4.65. The summed E-state index contributed by atoms with van der Waals surface area (Å²) >= 11 is 5.69. The van der Waals surface area contributed by atoms with Crippen LogP contribution in [0, 0.1) is 5.82 Å². The molecule has 0 spiro atoms. The molecule has 3 amide bonds. The largest absolute Gasteiger partial charge is 0.336 e. The van der Waals surface area contributed by atoms with Crippen LogP contribution in [-0.2, 0) is 0 Å². The molecule has 2 aromatic rings. The molecule has 2 N–H and O–H groups in total. The average molecular weight is 391 g/mol. The molecule has 0 atom stereocenters. The van der Waals surface area contributed by atoms with Crippen LogP contribution in [0.25, 0.3) is 0 Å². The third-order valence-electron chi connectivity index (χ3n) is 4.36. The summed E-state index contributed by atoms with van der Waals surface area (Å²) in [6.45, 7) is 3.13. The van der Waals surface area contributed by atoms with Crippen LogP contribution in [0.15, 0.2) is 42.5 Å². The Kier molecular flexibility index (Phi) is 5.93. The van der Waals surface area contributed by atoms with Crippen molar-refractivity contribution in [2.75, 3.05) is 43.9 Å². The fourth-order valence-corrected chi connectivity index (χ4v) is 2.94. The summed E-state index contributed by atoms with van der Waals surface area (Å²) in [6.07, 6.45) is 0. The summed E-state index contributed by atoms with van der Waals surface area (Å²) in [6, 6.07) is 10.1. The Hall–Kier alpha value is -2.64. The molecule has 3 rings (SSSR count). The van der Waals surface area contributed by atoms with E-state index in [0.29, 0.717) is 30.0 Å². The maximum absolute atomic E-state index is 13.1. The van der Waals surface area contributed by atoms with E-state index in [1.807, 2.05) is 11.9 Å². The van der Waals surface area contributed by atoms with Gasteiger partial charge in [0.1, 0.15) is 5.82 Å². The van der Waals surface area contributed by atoms with Gasteiger partial charge in [-0.3, -0.25) is 4.79 Å². The molecule has 0 aliphatic carbocycles. The van der Waals surface area contributed by atoms with Crippen LogP contribution in [0.5, 0.6) is 0 Å². The number of anilines is 2. The first kappa shape index (κ1) is 19.1. The molecule has 6 nitrogen and oxygen atoms in total. The molecule has 1 aliphatic heterocycles. The monoisotopic (exact) mass is 390 g/mol. The van der Waals surface area contributed by atoms with Crippen molar-refractivity contribution >= 4 is 34.9 Å². The van der Waals surface area contributed by atoms with Crippen LogP contribution in [-0.4, -0.2) is 55.0 Å². The van der Waals surface area contributed by atoms with E-state index in [4.69, 9.17) is 11.6 Å². The van der Waals surface area contributed by atoms with Crippen LogP contribution in [0.4, 0.5) is 20.6 Å². The molecule has 1 heterocycles. The van der Waals surface area contributed by atoms with Gasteiger partial charge in [-0.2, -0.15) is 0 Å². The van der Waals surface area contributed by atoms with E-state index in [-0.39, 0.29) is 10.9 Å². The number of likely N-dealkylation sites (N-methyl/N-ethyl adjacent to an activating group) is 1. The zero-order valence-electron chi connectivity index (χ0n) is 14.8. The summed E-state index contributed by atoms with van der Waals surface area (Å²) in [5, 5.41) is 5.16. The van der Waals surface area contributed by atoms with Crippen molar-refractivity contribution in [3.8, 4) is 0 Å². The Labute approximate surface area is 161 Å². The van der Waals surface area contributed by atoms with E-state index in [9.17, 15) is 14.0 Å². The first-order valence-electron chi connectivity index (χ1n) is 8.53. The number of piperazine rings is 1. The Morgan fingerprint density at radius 2 is 1.56 bits per heavy atom. The summed E-state index contributed by atoms with van der Waals surface area (Å²) in [5.41, 5.74) is 1.49. The van der Waals surface area contributed by atoms with E-state index in [2.05, 4.69) is 15.5 Å². The Balaban J connectivity index is 1.57. The molecule has 1 fully saturated rings. The first-order chi connectivity index (χ1) is 12.9. The first-order valence-corrected chi connectivity index (χ1v) is 8.91. The van der Waals surface area contributed by atoms with Gasteiger partial charge in [0.05, 0.1) is 5.02 Å². The van der Waals surface area contributed by atoms with E-state index >= 15 is 0 Å². The molecule has 0 bridgehead atoms. The van der Waals surface area contributed by atoms with E-state index in [1.165, 1.54) is 18.2 Å². The molecule has 1 aliphatic rings. The Bertz CT molecular complexity index is 836. The topological polar surface area (TPSA) is 64.7 Å². The number of halogens is 2. The normalized spacial score (nSPS) is 14.7. The molecule has 0 aromatic heterocycles. The minimum atomic E-state index is -0.553. The average Bonchev–Trinajstić information content (AvgIpc) is 2.65. The zero-order valence-corrected chi connectivity index (χ0v) is 15.6. The minimum Gasteiger partial charge on any atom is -0.336 e. The highest BCUT2D eigenvalue weighted by Crippen LogP contribution is 2.20. The highest BCUT2D eigenvalue weighted by molar-refractivity contribution is 6.31. The van der Waals surface area contributed by atoms with Crippen LogP contribution in [0.2, 0.25) is 5.02 Å². The smallest absolute Gasteiger partial charge is 0.323 e. The van der Waals surface area contributed by atoms with Gasteiger partial charge in [-0.25, -0.2) is 9.18 Å². The lowest BCUT2D eigenvalue weighted by Gasteiger charge is -2.32. The molecule has 8 heteroatoms. The number of amides is 3. The van der Waals surface area contributed by atoms with Gasteiger partial charge in [0.2, 0.25) is 0 Å². The summed E-state index contributed by atoms with van der Waals surface area (Å²) in [5.74, 6) is -0.566. The zero-order chi connectivity index (χ0) is 19.4. The molecule has 0 saturated carbocycles. The second kappa shape index (κ2) is 8.37. The van der Waals surface area contributed by atoms with E-state index in [0.717, 1.165) is 13.1 Å². The maximum Gasteiger partial charge on any atom is 0.323 e. The number of benzene rings is 2. The van der Waals surface area contributed by atoms with Crippen LogP contribution in [0.3, 0.4) is 0 Å². The number of hydrogen-bond acceptors (Lipinski definition) is 3. The van der Waals surface area contributed by atoms with Crippen molar-refractivity contribution in [3.05, 3.63) is 58.9 Å². The fourth-order valence-electron chi connectivity index (χ4n) is 2.76. The number of hydrogen-bond donors (Lipinski definition) is 2. The molecular formula is C19H20ClFN4O2. The lowest BCUT2D eigenvalue weighted by Crippen LogP contribution is -2.47. The Morgan fingerprint density at radius 1 is 0.963 bits per heavy atom. The lowest BCUT2D eigenvalue weighted by molar-refractivity contribution is 0.0664. The number of carbonyl (C=O) groups excluding carboxylic acids is 2. The van der Waals surface area contributed by atoms with Crippen LogP contribution < -0.4 is 10.6 Å². The van der Waals surface area contributed by atoms with Gasteiger partial charge >= 0.3 is 6.03 Å². The molecule has 0 radical (unpaired) electrons. The van der Waals surface area contributed by atoms with Crippen molar-refractivity contribution in [2.45, 2.75) is 0 Å². The Morgan fingerprint density at radius 3 is 2.19 bits per heavy atom. The number of carbonyl (C=O) groups is 2. The summed E-state index contributed by atoms with van der Waals surface area (Å²) < 4.78 is 13.1. The molecule has 142 valence electrons. The highest BCUT2D eigenvalue weighted by atomic mass is 35.5. The molecular weight excluding hydrogens is 371 g/mol. The van der Waals surface area contributed by atoms with Gasteiger partial charge in [-0.1, -0.05) is 11.6 Å². The number of urea groups is 1. The van der Waals surface area contributed by atoms with Crippen molar-refractivity contribution in [3.63, 3.8) is 0 Å². The quantitative estimate of drug-likeness (QED) is 0.842. The van der Waals surface area contributed by atoms with Crippen molar-refractivity contribution < 1.29 is 14.0 Å². The predicted octanol–water partition coefficient (Wildman–Crippen LogP) is 3.51. The molecule has 2 aromatic carbocycles. The van der Waals surface area contributed by atoms with Crippen molar-refractivity contribution in [2.24, 2.45) is 0 Å². The van der Waals surface area contributed by atoms with E-state index in [1.54, 1.807) is 24.3 Å². The van der Waals surface area contributed by atoms with Gasteiger partial charge in [0.15, 0.2) is 0 Å². The standard InChI is InChI=1S/C19H20ClFN4O2/c1-24-8-10-25(11-9-24)18(26)13-2-4-14(5-3-13)22-19(27)23-15-6-7-17(21)16(20)12-15/h2-7,12H,8-11H2,1H3,(H2,22,23,27). The number of nitrogens with one attached hydrogen (secondary N) is 2. The third kappa shape index (κ3) is 4.96. The molecule has 0 unspecified atom stereocenters. The van der Waals surface area contributed by atoms with Crippen molar-refractivity contribution in [1.82, 2.24) is 9.80 Å². The van der Waals surface area contributed by atoms with Gasteiger partial charge in [0.25, 0.3) is 5.91 Å². The second-order valence-corrected chi connectivity index (χ2v) is 6.79. The molecule has 27 heavy (non-hydrogen) atoms. The van der Waals surface area contributed by atoms with Gasteiger partial charge in [-0.05, 0) is 49.5 Å². The van der Waals surface area contributed by atoms with Crippen LogP contribution >= 0.6 is 11.6 Å². The SMILES string of the molecule is CN1CCN(C(=O)c2ccc(NC(=O)Nc3ccc(F)c(Cl)c3)cc2)CC1. The summed E-state index contributed by atoms with van der Waals surface area (Å²) in [4.78, 5) is 28.6. The summed E-state index contributed by atoms with van der Waals surface area (Å²) in [7, 11) is 2.03. The number of nitrogens with zero attached hydrogens (tertiary/aromatic N) is 2. The fraction of sp³-hybridized carbons (Fsp3) is 0.263. The maximum atomic E-state index is 13.1. The second-order valence-electron chi connectivity index (χ2n) is 6.38. The van der Waals surface area contributed by atoms with Gasteiger partial charge < -0.3 is 20.4 Å². The highest BCUT2D eigenvalue weighted by Gasteiger charge is 2.20. The number of rotatable bonds is 3. The molecule has 1 saturated heterocycles. The van der Waals surface area contributed by atoms with Crippen LogP contribution in [0.1, 0.15) is 10.4 Å². The van der Waals surface area contributed by atoms with Crippen molar-refractivity contribution in [1.29, 1.82) is 0 Å². The van der Waals surface area contributed by atoms with Gasteiger partial charge in [-0.15, -0.1) is 0 Å². The van der Waals surface area contributed by atoms with E-state index < -0.39 is 11.8 Å². The minimum absolute atomic E-state index is 0.0138. The van der Waals surface area contributed by atoms with Gasteiger partial charge in [0, 0.05) is 43.1 Å².